The van der Waals surface area contributed by atoms with Crippen LogP contribution in [0.25, 0.3) is 0 Å². The molecule has 0 N–H and O–H groups in total. The van der Waals surface area contributed by atoms with Gasteiger partial charge in [-0.1, -0.05) is 50.0 Å². The Balaban J connectivity index is 2.01. The van der Waals surface area contributed by atoms with Crippen LogP contribution in [-0.4, -0.2) is 5.78 Å². The van der Waals surface area contributed by atoms with Gasteiger partial charge >= 0.3 is 0 Å². The summed E-state index contributed by atoms with van der Waals surface area (Å²) in [6.45, 7) is 5.74. The predicted octanol–water partition coefficient (Wildman–Crippen LogP) is 5.88. The Morgan fingerprint density at radius 3 is 2.77 bits per heavy atom. The Morgan fingerprint density at radius 2 is 2.00 bits per heavy atom. The first-order chi connectivity index (χ1) is 10.8. The van der Waals surface area contributed by atoms with Crippen molar-refractivity contribution < 1.29 is 4.79 Å². The number of hydrogen-bond acceptors (Lipinski definition) is 1. The molecule has 4 atom stereocenters. The van der Waals surface area contributed by atoms with Crippen LogP contribution in [0, 0.1) is 23.7 Å². The monoisotopic (exact) mass is 300 g/mol. The van der Waals surface area contributed by atoms with Crippen molar-refractivity contribution in [3.05, 3.63) is 37.0 Å². The highest BCUT2D eigenvalue weighted by Crippen LogP contribution is 2.44. The number of hydrogen-bond donors (Lipinski definition) is 0. The number of carbonyl (C=O) groups excluding carboxylic acids is 1. The Kier molecular flexibility index (Phi) is 7.15. The third-order valence-corrected chi connectivity index (χ3v) is 5.51. The van der Waals surface area contributed by atoms with E-state index in [1.807, 2.05) is 25.2 Å². The van der Waals surface area contributed by atoms with E-state index in [0.717, 1.165) is 6.42 Å². The molecule has 1 saturated carbocycles. The van der Waals surface area contributed by atoms with Crippen molar-refractivity contribution in [1.82, 2.24) is 0 Å². The Hall–Kier alpha value is -1.11. The smallest absolute Gasteiger partial charge is 0.159 e. The van der Waals surface area contributed by atoms with Gasteiger partial charge in [0, 0.05) is 5.92 Å². The average Bonchev–Trinajstić information content (AvgIpc) is 2.54. The molecule has 0 heterocycles. The molecule has 122 valence electrons. The van der Waals surface area contributed by atoms with Crippen LogP contribution in [0.4, 0.5) is 0 Å². The minimum atomic E-state index is 0.242. The van der Waals surface area contributed by atoms with Crippen molar-refractivity contribution in [2.75, 3.05) is 0 Å². The van der Waals surface area contributed by atoms with Crippen LogP contribution < -0.4 is 0 Å². The minimum absolute atomic E-state index is 0.242. The predicted molar refractivity (Wildman–Crippen MR) is 94.7 cm³/mol. The Labute approximate surface area is 136 Å². The lowest BCUT2D eigenvalue weighted by atomic mass is 9.62. The number of fused-ring (bicyclic) bond motifs is 1. The zero-order valence-electron chi connectivity index (χ0n) is 14.2. The van der Waals surface area contributed by atoms with Gasteiger partial charge in [-0.25, -0.2) is 0 Å². The van der Waals surface area contributed by atoms with Gasteiger partial charge in [-0.15, -0.1) is 6.58 Å². The molecule has 0 radical (unpaired) electrons. The average molecular weight is 300 g/mol. The van der Waals surface area contributed by atoms with Gasteiger partial charge in [0.1, 0.15) is 0 Å². The second kappa shape index (κ2) is 9.12. The molecule has 0 aromatic heterocycles. The van der Waals surface area contributed by atoms with Gasteiger partial charge in [0.25, 0.3) is 0 Å². The standard InChI is InChI=1S/C21H32O/c1-3-5-6-7-8-13-18-16-15-17-12-9-10-14-19(17)21(18)20(22)11-4-2/h3-4,11,15-19,21H,1,5-10,12-14H2,2H3/b11-4+/t17-,18+,19+,21+/m0/s1. The SMILES string of the molecule is C=CCCCCC[C@@H]1C=C[C@@H]2CCCC[C@H]2[C@@H]1C(=O)/C=C/C. The zero-order chi connectivity index (χ0) is 15.8. The summed E-state index contributed by atoms with van der Waals surface area (Å²) in [6.07, 6.45) is 21.8. The number of ketones is 1. The molecule has 2 aliphatic rings. The van der Waals surface area contributed by atoms with Crippen LogP contribution in [0.5, 0.6) is 0 Å². The first-order valence-corrected chi connectivity index (χ1v) is 9.23. The van der Waals surface area contributed by atoms with Crippen LogP contribution in [0.2, 0.25) is 0 Å². The molecule has 0 unspecified atom stereocenters. The van der Waals surface area contributed by atoms with Gasteiger partial charge in [0.2, 0.25) is 0 Å². The fourth-order valence-electron chi connectivity index (χ4n) is 4.41. The Bertz CT molecular complexity index is 418. The van der Waals surface area contributed by atoms with Gasteiger partial charge in [0.05, 0.1) is 0 Å². The van der Waals surface area contributed by atoms with E-state index in [-0.39, 0.29) is 5.92 Å². The highest BCUT2D eigenvalue weighted by atomic mass is 16.1. The molecule has 0 aromatic rings. The fourth-order valence-corrected chi connectivity index (χ4v) is 4.41. The zero-order valence-corrected chi connectivity index (χ0v) is 14.2. The van der Waals surface area contributed by atoms with E-state index in [4.69, 9.17) is 0 Å². The summed E-state index contributed by atoms with van der Waals surface area (Å²) in [7, 11) is 0. The van der Waals surface area contributed by atoms with E-state index in [0.29, 0.717) is 23.5 Å². The third kappa shape index (κ3) is 4.44. The molecular formula is C21H32O. The summed E-state index contributed by atoms with van der Waals surface area (Å²) >= 11 is 0. The van der Waals surface area contributed by atoms with E-state index in [2.05, 4.69) is 18.7 Å². The maximum Gasteiger partial charge on any atom is 0.159 e. The van der Waals surface area contributed by atoms with E-state index in [1.54, 1.807) is 0 Å². The molecular weight excluding hydrogens is 268 g/mol. The van der Waals surface area contributed by atoms with Gasteiger partial charge in [-0.2, -0.15) is 0 Å². The van der Waals surface area contributed by atoms with E-state index < -0.39 is 0 Å². The molecule has 0 aliphatic heterocycles. The normalized spacial score (nSPS) is 31.1. The van der Waals surface area contributed by atoms with E-state index >= 15 is 0 Å². The van der Waals surface area contributed by atoms with Crippen LogP contribution in [-0.2, 0) is 4.79 Å². The molecule has 2 rings (SSSR count). The summed E-state index contributed by atoms with van der Waals surface area (Å²) in [5.74, 6) is 2.34. The highest BCUT2D eigenvalue weighted by molar-refractivity contribution is 5.92. The Morgan fingerprint density at radius 1 is 1.18 bits per heavy atom. The van der Waals surface area contributed by atoms with Crippen LogP contribution in [0.15, 0.2) is 37.0 Å². The summed E-state index contributed by atoms with van der Waals surface area (Å²) in [5.41, 5.74) is 0. The highest BCUT2D eigenvalue weighted by Gasteiger charge is 2.40. The summed E-state index contributed by atoms with van der Waals surface area (Å²) in [6, 6.07) is 0. The fraction of sp³-hybridized carbons (Fsp3) is 0.667. The van der Waals surface area contributed by atoms with E-state index in [1.165, 1.54) is 51.4 Å². The summed E-state index contributed by atoms with van der Waals surface area (Å²) in [4.78, 5) is 12.7. The van der Waals surface area contributed by atoms with Crippen molar-refractivity contribution in [3.8, 4) is 0 Å². The maximum absolute atomic E-state index is 12.7. The maximum atomic E-state index is 12.7. The number of carbonyl (C=O) groups is 1. The van der Waals surface area contributed by atoms with Gasteiger partial charge < -0.3 is 0 Å². The quantitative estimate of drug-likeness (QED) is 0.311. The largest absolute Gasteiger partial charge is 0.295 e. The molecule has 1 heteroatoms. The molecule has 0 aromatic carbocycles. The van der Waals surface area contributed by atoms with Crippen LogP contribution in [0.3, 0.4) is 0 Å². The van der Waals surface area contributed by atoms with Crippen molar-refractivity contribution in [2.45, 2.75) is 64.7 Å². The van der Waals surface area contributed by atoms with Crippen molar-refractivity contribution in [2.24, 2.45) is 23.7 Å². The van der Waals surface area contributed by atoms with Gasteiger partial charge in [0.15, 0.2) is 5.78 Å². The topological polar surface area (TPSA) is 17.1 Å². The van der Waals surface area contributed by atoms with Gasteiger partial charge in [-0.05, 0) is 62.9 Å². The lowest BCUT2D eigenvalue weighted by Crippen LogP contribution is -2.38. The molecule has 2 aliphatic carbocycles. The van der Waals surface area contributed by atoms with Gasteiger partial charge in [-0.3, -0.25) is 4.79 Å². The summed E-state index contributed by atoms with van der Waals surface area (Å²) < 4.78 is 0. The molecule has 1 nitrogen and oxygen atoms in total. The number of allylic oxidation sites excluding steroid dienone is 5. The van der Waals surface area contributed by atoms with E-state index in [9.17, 15) is 4.79 Å². The molecule has 22 heavy (non-hydrogen) atoms. The first kappa shape index (κ1) is 17.2. The first-order valence-electron chi connectivity index (χ1n) is 9.23. The second-order valence-electron chi connectivity index (χ2n) is 7.02. The molecule has 0 amide bonds. The lowest BCUT2D eigenvalue weighted by Gasteiger charge is -2.41. The molecule has 0 bridgehead atoms. The van der Waals surface area contributed by atoms with Crippen LogP contribution >= 0.6 is 0 Å². The number of unbranched alkanes of at least 4 members (excludes halogenated alkanes) is 3. The molecule has 0 spiro atoms. The third-order valence-electron chi connectivity index (χ3n) is 5.51. The second-order valence-corrected chi connectivity index (χ2v) is 7.02. The van der Waals surface area contributed by atoms with Crippen molar-refractivity contribution in [3.63, 3.8) is 0 Å². The number of rotatable bonds is 8. The lowest BCUT2D eigenvalue weighted by molar-refractivity contribution is -0.122. The minimum Gasteiger partial charge on any atom is -0.295 e. The van der Waals surface area contributed by atoms with Crippen molar-refractivity contribution >= 4 is 5.78 Å². The van der Waals surface area contributed by atoms with Crippen molar-refractivity contribution in [1.29, 1.82) is 0 Å². The molecule has 1 fully saturated rings. The molecule has 0 saturated heterocycles. The summed E-state index contributed by atoms with van der Waals surface area (Å²) in [5, 5.41) is 0. The van der Waals surface area contributed by atoms with Crippen LogP contribution in [0.1, 0.15) is 64.7 Å².